The Morgan fingerprint density at radius 3 is 2.58 bits per heavy atom. The van der Waals surface area contributed by atoms with Gasteiger partial charge < -0.3 is 0 Å². The van der Waals surface area contributed by atoms with Gasteiger partial charge in [0.1, 0.15) is 0 Å². The molecule has 0 radical (unpaired) electrons. The second-order valence-corrected chi connectivity index (χ2v) is 7.52. The number of thioether (sulfide) groups is 1. The summed E-state index contributed by atoms with van der Waals surface area (Å²) < 4.78 is 1.78. The number of fused-ring (bicyclic) bond motifs is 1. The van der Waals surface area contributed by atoms with Crippen LogP contribution in [0.3, 0.4) is 0 Å². The number of ketones is 1. The van der Waals surface area contributed by atoms with Crippen LogP contribution in [0.4, 0.5) is 0 Å². The zero-order chi connectivity index (χ0) is 18.1. The molecule has 1 aliphatic carbocycles. The molecule has 3 aromatic rings. The fourth-order valence-corrected chi connectivity index (χ4v) is 3.98. The Balaban J connectivity index is 1.61. The van der Waals surface area contributed by atoms with Gasteiger partial charge in [-0.05, 0) is 37.0 Å². The van der Waals surface area contributed by atoms with Gasteiger partial charge in [0.05, 0.1) is 16.7 Å². The summed E-state index contributed by atoms with van der Waals surface area (Å²) in [6, 6.07) is 15.4. The van der Waals surface area contributed by atoms with Crippen molar-refractivity contribution in [3.05, 3.63) is 70.0 Å². The Morgan fingerprint density at radius 1 is 1.15 bits per heavy atom. The van der Waals surface area contributed by atoms with Crippen molar-refractivity contribution < 1.29 is 4.79 Å². The zero-order valence-electron chi connectivity index (χ0n) is 14.6. The van der Waals surface area contributed by atoms with Crippen molar-refractivity contribution in [2.75, 3.05) is 5.75 Å². The number of hydrogen-bond donors (Lipinski definition) is 0. The van der Waals surface area contributed by atoms with Gasteiger partial charge in [0, 0.05) is 11.6 Å². The number of aromatic nitrogens is 2. The Labute approximate surface area is 156 Å². The third kappa shape index (κ3) is 3.31. The topological polar surface area (TPSA) is 52.0 Å². The average molecular weight is 364 g/mol. The van der Waals surface area contributed by atoms with Gasteiger partial charge in [0.25, 0.3) is 5.56 Å². The number of carbonyl (C=O) groups is 1. The number of Topliss-reactive ketones (excluding diaryl/α,β-unsaturated/α-hetero) is 1. The average Bonchev–Trinajstić information content (AvgIpc) is 3.51. The Kier molecular flexibility index (Phi) is 4.64. The predicted molar refractivity (Wildman–Crippen MR) is 105 cm³/mol. The number of carbonyl (C=O) groups excluding carboxylic acids is 1. The molecule has 0 aliphatic heterocycles. The van der Waals surface area contributed by atoms with E-state index in [-0.39, 0.29) is 23.1 Å². The first-order valence-corrected chi connectivity index (χ1v) is 9.92. The van der Waals surface area contributed by atoms with Gasteiger partial charge in [-0.15, -0.1) is 0 Å². The minimum Gasteiger partial charge on any atom is -0.293 e. The maximum Gasteiger partial charge on any atom is 0.262 e. The van der Waals surface area contributed by atoms with Crippen LogP contribution in [0.5, 0.6) is 0 Å². The van der Waals surface area contributed by atoms with Crippen LogP contribution in [0, 0.1) is 0 Å². The molecule has 1 fully saturated rings. The molecular formula is C21H20N2O2S. The first-order valence-electron chi connectivity index (χ1n) is 8.93. The van der Waals surface area contributed by atoms with Crippen molar-refractivity contribution in [2.45, 2.75) is 37.4 Å². The fourth-order valence-electron chi connectivity index (χ4n) is 3.02. The van der Waals surface area contributed by atoms with Gasteiger partial charge in [-0.2, -0.15) is 0 Å². The van der Waals surface area contributed by atoms with Crippen LogP contribution in [0.25, 0.3) is 10.9 Å². The summed E-state index contributed by atoms with van der Waals surface area (Å²) in [5.41, 5.74) is 2.61. The molecule has 2 aromatic carbocycles. The normalized spacial score (nSPS) is 13.9. The molecule has 0 N–H and O–H groups in total. The lowest BCUT2D eigenvalue weighted by Crippen LogP contribution is -2.22. The van der Waals surface area contributed by atoms with E-state index in [9.17, 15) is 9.59 Å². The van der Waals surface area contributed by atoms with E-state index < -0.39 is 0 Å². The van der Waals surface area contributed by atoms with Crippen molar-refractivity contribution in [3.63, 3.8) is 0 Å². The molecule has 5 heteroatoms. The minimum absolute atomic E-state index is 0.000322. The smallest absolute Gasteiger partial charge is 0.262 e. The monoisotopic (exact) mass is 364 g/mol. The summed E-state index contributed by atoms with van der Waals surface area (Å²) in [5, 5.41) is 1.29. The molecule has 26 heavy (non-hydrogen) atoms. The minimum atomic E-state index is 0.000322. The van der Waals surface area contributed by atoms with Gasteiger partial charge in [-0.25, -0.2) is 4.98 Å². The zero-order valence-corrected chi connectivity index (χ0v) is 15.5. The van der Waals surface area contributed by atoms with Crippen LogP contribution in [-0.4, -0.2) is 21.1 Å². The number of nitrogens with zero attached hydrogens (tertiary/aromatic N) is 2. The first kappa shape index (κ1) is 17.0. The largest absolute Gasteiger partial charge is 0.293 e. The van der Waals surface area contributed by atoms with Crippen LogP contribution in [0.15, 0.2) is 58.5 Å². The maximum atomic E-state index is 12.8. The molecule has 1 aliphatic rings. The van der Waals surface area contributed by atoms with E-state index in [1.54, 1.807) is 4.57 Å². The molecule has 0 saturated heterocycles. The van der Waals surface area contributed by atoms with E-state index in [2.05, 4.69) is 11.9 Å². The van der Waals surface area contributed by atoms with Crippen LogP contribution >= 0.6 is 11.8 Å². The molecule has 0 bridgehead atoms. The first-order chi connectivity index (χ1) is 12.7. The Hall–Kier alpha value is -2.40. The third-order valence-corrected chi connectivity index (χ3v) is 5.66. The number of rotatable bonds is 6. The summed E-state index contributed by atoms with van der Waals surface area (Å²) in [7, 11) is 0. The Bertz CT molecular complexity index is 1020. The molecule has 4 rings (SSSR count). The van der Waals surface area contributed by atoms with E-state index in [0.717, 1.165) is 19.3 Å². The van der Waals surface area contributed by atoms with Crippen molar-refractivity contribution >= 4 is 28.4 Å². The summed E-state index contributed by atoms with van der Waals surface area (Å²) in [5.74, 6) is 0.339. The van der Waals surface area contributed by atoms with E-state index in [0.29, 0.717) is 21.6 Å². The molecule has 0 unspecified atom stereocenters. The number of hydrogen-bond acceptors (Lipinski definition) is 4. The van der Waals surface area contributed by atoms with Crippen molar-refractivity contribution in [2.24, 2.45) is 0 Å². The quantitative estimate of drug-likeness (QED) is 0.372. The van der Waals surface area contributed by atoms with E-state index in [1.165, 1.54) is 17.3 Å². The second-order valence-electron chi connectivity index (χ2n) is 6.58. The maximum absolute atomic E-state index is 12.8. The van der Waals surface area contributed by atoms with Crippen LogP contribution in [0.1, 0.15) is 41.7 Å². The van der Waals surface area contributed by atoms with Crippen LogP contribution in [0.2, 0.25) is 0 Å². The van der Waals surface area contributed by atoms with E-state index >= 15 is 0 Å². The highest BCUT2D eigenvalue weighted by atomic mass is 32.2. The SMILES string of the molecule is CCc1ccc(C(=O)CSc2nc3ccccc3c(=O)n2C2CC2)cc1. The molecule has 1 aromatic heterocycles. The molecule has 4 nitrogen and oxygen atoms in total. The van der Waals surface area contributed by atoms with Crippen LogP contribution in [-0.2, 0) is 6.42 Å². The highest BCUT2D eigenvalue weighted by Crippen LogP contribution is 2.36. The standard InChI is InChI=1S/C21H20N2O2S/c1-2-14-7-9-15(10-8-14)19(24)13-26-21-22-18-6-4-3-5-17(18)20(25)23(21)16-11-12-16/h3-10,16H,2,11-13H2,1H3. The molecule has 1 saturated carbocycles. The van der Waals surface area contributed by atoms with Gasteiger partial charge in [0.2, 0.25) is 0 Å². The Morgan fingerprint density at radius 2 is 1.88 bits per heavy atom. The second kappa shape index (κ2) is 7.08. The fraction of sp³-hybridized carbons (Fsp3) is 0.286. The molecule has 0 atom stereocenters. The summed E-state index contributed by atoms with van der Waals surface area (Å²) in [4.78, 5) is 30.0. The van der Waals surface area contributed by atoms with Gasteiger partial charge in [0.15, 0.2) is 10.9 Å². The van der Waals surface area contributed by atoms with E-state index in [1.807, 2.05) is 48.5 Å². The van der Waals surface area contributed by atoms with Gasteiger partial charge >= 0.3 is 0 Å². The lowest BCUT2D eigenvalue weighted by atomic mass is 10.1. The summed E-state index contributed by atoms with van der Waals surface area (Å²) >= 11 is 1.36. The highest BCUT2D eigenvalue weighted by molar-refractivity contribution is 7.99. The summed E-state index contributed by atoms with van der Waals surface area (Å²) in [6.07, 6.45) is 2.96. The lowest BCUT2D eigenvalue weighted by Gasteiger charge is -2.12. The number of para-hydroxylation sites is 1. The van der Waals surface area contributed by atoms with Gasteiger partial charge in [-0.3, -0.25) is 14.2 Å². The highest BCUT2D eigenvalue weighted by Gasteiger charge is 2.28. The number of benzene rings is 2. The van der Waals surface area contributed by atoms with Crippen molar-refractivity contribution in [3.8, 4) is 0 Å². The lowest BCUT2D eigenvalue weighted by molar-refractivity contribution is 0.102. The number of aryl methyl sites for hydroxylation is 1. The van der Waals surface area contributed by atoms with Crippen LogP contribution < -0.4 is 5.56 Å². The molecular weight excluding hydrogens is 344 g/mol. The van der Waals surface area contributed by atoms with Crippen molar-refractivity contribution in [1.29, 1.82) is 0 Å². The van der Waals surface area contributed by atoms with Crippen molar-refractivity contribution in [1.82, 2.24) is 9.55 Å². The van der Waals surface area contributed by atoms with E-state index in [4.69, 9.17) is 0 Å². The molecule has 132 valence electrons. The summed E-state index contributed by atoms with van der Waals surface area (Å²) in [6.45, 7) is 2.09. The van der Waals surface area contributed by atoms with Gasteiger partial charge in [-0.1, -0.05) is 55.1 Å². The third-order valence-electron chi connectivity index (χ3n) is 4.70. The molecule has 1 heterocycles. The predicted octanol–water partition coefficient (Wildman–Crippen LogP) is 4.27. The molecule has 0 amide bonds. The molecule has 0 spiro atoms.